The normalized spacial score (nSPS) is 16.2. The van der Waals surface area contributed by atoms with E-state index in [-0.39, 0.29) is 0 Å². The van der Waals surface area contributed by atoms with Gasteiger partial charge < -0.3 is 5.11 Å². The SMILES string of the molecule is O=C(O)C(Cl)(Cl)CCCCCCCCCCCCCC1CCCCC1. The van der Waals surface area contributed by atoms with E-state index in [1.165, 1.54) is 89.9 Å². The quantitative estimate of drug-likeness (QED) is 0.227. The van der Waals surface area contributed by atoms with Crippen LogP contribution in [0.15, 0.2) is 0 Å². The third kappa shape index (κ3) is 12.1. The van der Waals surface area contributed by atoms with Gasteiger partial charge in [0.15, 0.2) is 0 Å². The number of hydrogen-bond donors (Lipinski definition) is 1. The second-order valence-electron chi connectivity index (χ2n) is 7.94. The molecule has 0 heterocycles. The Balaban J connectivity index is 1.76. The summed E-state index contributed by atoms with van der Waals surface area (Å²) in [6.45, 7) is 0. The lowest BCUT2D eigenvalue weighted by Crippen LogP contribution is -2.25. The summed E-state index contributed by atoms with van der Waals surface area (Å²) in [6, 6.07) is 0. The van der Waals surface area contributed by atoms with E-state index in [1.54, 1.807) is 0 Å². The lowest BCUT2D eigenvalue weighted by Gasteiger charge is -2.21. The number of rotatable bonds is 15. The highest BCUT2D eigenvalue weighted by Crippen LogP contribution is 2.29. The number of halogens is 2. The second-order valence-corrected chi connectivity index (χ2v) is 9.43. The van der Waals surface area contributed by atoms with Gasteiger partial charge in [-0.25, -0.2) is 4.79 Å². The highest BCUT2D eigenvalue weighted by Gasteiger charge is 2.32. The van der Waals surface area contributed by atoms with Crippen molar-refractivity contribution in [3.63, 3.8) is 0 Å². The molecule has 0 aromatic carbocycles. The summed E-state index contributed by atoms with van der Waals surface area (Å²) in [4.78, 5) is 10.8. The molecule has 0 bridgehead atoms. The zero-order valence-electron chi connectivity index (χ0n) is 15.9. The van der Waals surface area contributed by atoms with Crippen molar-refractivity contribution in [1.29, 1.82) is 0 Å². The number of carboxylic acids is 1. The van der Waals surface area contributed by atoms with Gasteiger partial charge in [0.1, 0.15) is 0 Å². The van der Waals surface area contributed by atoms with Crippen LogP contribution in [0.4, 0.5) is 0 Å². The number of unbranched alkanes of at least 4 members (excludes halogenated alkanes) is 10. The average Bonchev–Trinajstić information content (AvgIpc) is 2.59. The molecule has 0 atom stereocenters. The van der Waals surface area contributed by atoms with Gasteiger partial charge in [-0.2, -0.15) is 0 Å². The molecular formula is C21H38Cl2O2. The first kappa shape index (κ1) is 23.1. The Bertz CT molecular complexity index is 339. The summed E-state index contributed by atoms with van der Waals surface area (Å²) in [7, 11) is 0. The highest BCUT2D eigenvalue weighted by atomic mass is 35.5. The van der Waals surface area contributed by atoms with Gasteiger partial charge in [0.25, 0.3) is 0 Å². The van der Waals surface area contributed by atoms with Crippen LogP contribution in [0.2, 0.25) is 0 Å². The molecule has 0 aromatic heterocycles. The molecule has 1 N–H and O–H groups in total. The Labute approximate surface area is 165 Å². The minimum absolute atomic E-state index is 0.340. The van der Waals surface area contributed by atoms with Crippen molar-refractivity contribution < 1.29 is 9.90 Å². The van der Waals surface area contributed by atoms with Crippen LogP contribution < -0.4 is 0 Å². The van der Waals surface area contributed by atoms with Crippen molar-refractivity contribution in [3.05, 3.63) is 0 Å². The summed E-state index contributed by atoms with van der Waals surface area (Å²) in [5, 5.41) is 8.82. The van der Waals surface area contributed by atoms with Crippen LogP contribution in [0.1, 0.15) is 116 Å². The Morgan fingerprint density at radius 2 is 1.20 bits per heavy atom. The van der Waals surface area contributed by atoms with Crippen LogP contribution >= 0.6 is 23.2 Å². The predicted octanol–water partition coefficient (Wildman–Crippen LogP) is 7.90. The van der Waals surface area contributed by atoms with E-state index >= 15 is 0 Å². The topological polar surface area (TPSA) is 37.3 Å². The van der Waals surface area contributed by atoms with E-state index in [2.05, 4.69) is 0 Å². The molecule has 0 aromatic rings. The number of carbonyl (C=O) groups is 1. The van der Waals surface area contributed by atoms with Crippen LogP contribution in [-0.2, 0) is 4.79 Å². The summed E-state index contributed by atoms with van der Waals surface area (Å²) in [5.74, 6) is -0.0819. The van der Waals surface area contributed by atoms with E-state index in [1.807, 2.05) is 0 Å². The van der Waals surface area contributed by atoms with Crippen molar-refractivity contribution in [2.75, 3.05) is 0 Å². The smallest absolute Gasteiger partial charge is 0.340 e. The van der Waals surface area contributed by atoms with Crippen molar-refractivity contribution in [3.8, 4) is 0 Å². The predicted molar refractivity (Wildman–Crippen MR) is 109 cm³/mol. The van der Waals surface area contributed by atoms with Gasteiger partial charge in [0, 0.05) is 0 Å². The zero-order valence-corrected chi connectivity index (χ0v) is 17.4. The summed E-state index contributed by atoms with van der Waals surface area (Å²) >= 11 is 11.4. The minimum atomic E-state index is -1.60. The Morgan fingerprint density at radius 3 is 1.68 bits per heavy atom. The van der Waals surface area contributed by atoms with Gasteiger partial charge in [0.05, 0.1) is 0 Å². The maximum atomic E-state index is 10.8. The van der Waals surface area contributed by atoms with Crippen LogP contribution in [0.3, 0.4) is 0 Å². The molecule has 0 spiro atoms. The first-order valence-electron chi connectivity index (χ1n) is 10.6. The van der Waals surface area contributed by atoms with Crippen LogP contribution in [0.25, 0.3) is 0 Å². The molecule has 0 unspecified atom stereocenters. The van der Waals surface area contributed by atoms with Crippen LogP contribution in [0, 0.1) is 5.92 Å². The van der Waals surface area contributed by atoms with Crippen molar-refractivity contribution >= 4 is 29.2 Å². The van der Waals surface area contributed by atoms with Crippen LogP contribution in [0.5, 0.6) is 0 Å². The Kier molecular flexibility index (Phi) is 13.1. The maximum absolute atomic E-state index is 10.8. The number of aliphatic carboxylic acids is 1. The molecular weight excluding hydrogens is 355 g/mol. The monoisotopic (exact) mass is 392 g/mol. The average molecular weight is 393 g/mol. The molecule has 25 heavy (non-hydrogen) atoms. The number of hydrogen-bond acceptors (Lipinski definition) is 1. The highest BCUT2D eigenvalue weighted by molar-refractivity contribution is 6.57. The standard InChI is InChI=1S/C21H38Cl2O2/c22-21(23,20(24)25)18-14-9-7-5-3-1-2-4-6-8-11-15-19-16-12-10-13-17-19/h19H,1-18H2,(H,24,25). The van der Waals surface area contributed by atoms with E-state index < -0.39 is 10.3 Å². The first-order chi connectivity index (χ1) is 12.0. The Morgan fingerprint density at radius 1 is 0.760 bits per heavy atom. The molecule has 0 aliphatic heterocycles. The summed E-state index contributed by atoms with van der Waals surface area (Å²) in [6.07, 6.45) is 23.1. The Hall–Kier alpha value is 0.0500. The molecule has 0 radical (unpaired) electrons. The van der Waals surface area contributed by atoms with E-state index in [0.717, 1.165) is 25.2 Å². The minimum Gasteiger partial charge on any atom is -0.479 e. The van der Waals surface area contributed by atoms with Gasteiger partial charge in [-0.3, -0.25) is 0 Å². The molecule has 1 aliphatic rings. The second kappa shape index (κ2) is 14.2. The van der Waals surface area contributed by atoms with Gasteiger partial charge >= 0.3 is 5.97 Å². The summed E-state index contributed by atoms with van der Waals surface area (Å²) < 4.78 is -1.60. The first-order valence-corrected chi connectivity index (χ1v) is 11.4. The molecule has 0 saturated heterocycles. The van der Waals surface area contributed by atoms with Crippen LogP contribution in [-0.4, -0.2) is 15.4 Å². The van der Waals surface area contributed by atoms with Crippen molar-refractivity contribution in [2.24, 2.45) is 5.92 Å². The van der Waals surface area contributed by atoms with Gasteiger partial charge in [-0.15, -0.1) is 0 Å². The third-order valence-electron chi connectivity index (χ3n) is 5.64. The molecule has 1 fully saturated rings. The maximum Gasteiger partial charge on any atom is 0.340 e. The van der Waals surface area contributed by atoms with Gasteiger partial charge in [-0.1, -0.05) is 126 Å². The van der Waals surface area contributed by atoms with Gasteiger partial charge in [-0.05, 0) is 18.8 Å². The zero-order chi connectivity index (χ0) is 18.4. The van der Waals surface area contributed by atoms with Crippen molar-refractivity contribution in [1.82, 2.24) is 0 Å². The lowest BCUT2D eigenvalue weighted by molar-refractivity contribution is -0.138. The third-order valence-corrected chi connectivity index (χ3v) is 6.34. The molecule has 148 valence electrons. The summed E-state index contributed by atoms with van der Waals surface area (Å²) in [5.41, 5.74) is 0. The lowest BCUT2D eigenvalue weighted by atomic mass is 9.85. The van der Waals surface area contributed by atoms with E-state index in [0.29, 0.717) is 6.42 Å². The van der Waals surface area contributed by atoms with Crippen molar-refractivity contribution in [2.45, 2.75) is 120 Å². The fourth-order valence-corrected chi connectivity index (χ4v) is 4.22. The molecule has 1 saturated carbocycles. The van der Waals surface area contributed by atoms with E-state index in [4.69, 9.17) is 28.3 Å². The fourth-order valence-electron chi connectivity index (χ4n) is 3.95. The molecule has 1 aliphatic carbocycles. The fraction of sp³-hybridized carbons (Fsp3) is 0.952. The molecule has 0 amide bonds. The molecule has 2 nitrogen and oxygen atoms in total. The molecule has 1 rings (SSSR count). The molecule has 4 heteroatoms. The number of carboxylic acid groups (broad SMARTS) is 1. The number of alkyl halides is 2. The van der Waals surface area contributed by atoms with Gasteiger partial charge in [0.2, 0.25) is 4.33 Å². The van der Waals surface area contributed by atoms with E-state index in [9.17, 15) is 4.79 Å². The largest absolute Gasteiger partial charge is 0.479 e.